The molecule has 0 radical (unpaired) electrons. The smallest absolute Gasteiger partial charge is 0.304 e. The van der Waals surface area contributed by atoms with Crippen LogP contribution >= 0.6 is 11.8 Å². The third-order valence-electron chi connectivity index (χ3n) is 1.62. The van der Waals surface area contributed by atoms with Gasteiger partial charge in [-0.1, -0.05) is 6.92 Å². The van der Waals surface area contributed by atoms with Gasteiger partial charge in [-0.2, -0.15) is 11.8 Å². The Labute approximate surface area is 77.7 Å². The second-order valence-electron chi connectivity index (χ2n) is 2.71. The lowest BCUT2D eigenvalue weighted by Gasteiger charge is -2.06. The van der Waals surface area contributed by atoms with Crippen molar-refractivity contribution in [2.75, 3.05) is 11.5 Å². The van der Waals surface area contributed by atoms with E-state index in [1.165, 1.54) is 0 Å². The predicted molar refractivity (Wildman–Crippen MR) is 52.5 cm³/mol. The fraction of sp³-hybridized carbons (Fsp3) is 0.875. The summed E-state index contributed by atoms with van der Waals surface area (Å²) in [7, 11) is 0. The van der Waals surface area contributed by atoms with Crippen LogP contribution in [0.25, 0.3) is 0 Å². The number of carbonyl (C=O) groups is 1. The summed E-state index contributed by atoms with van der Waals surface area (Å²) in [5.41, 5.74) is 5.69. The highest BCUT2D eigenvalue weighted by Gasteiger charge is 2.00. The van der Waals surface area contributed by atoms with E-state index in [-0.39, 0.29) is 12.5 Å². The zero-order chi connectivity index (χ0) is 9.40. The zero-order valence-corrected chi connectivity index (χ0v) is 8.27. The number of carboxylic acid groups (broad SMARTS) is 1. The third-order valence-corrected chi connectivity index (χ3v) is 2.63. The van der Waals surface area contributed by atoms with Gasteiger partial charge in [0.2, 0.25) is 0 Å². The van der Waals surface area contributed by atoms with Crippen LogP contribution in [0.15, 0.2) is 0 Å². The number of hydrogen-bond donors (Lipinski definition) is 2. The first-order valence-electron chi connectivity index (χ1n) is 4.22. The molecule has 3 N–H and O–H groups in total. The zero-order valence-electron chi connectivity index (χ0n) is 7.45. The summed E-state index contributed by atoms with van der Waals surface area (Å²) in [4.78, 5) is 10.1. The van der Waals surface area contributed by atoms with Crippen molar-refractivity contribution in [1.29, 1.82) is 0 Å². The monoisotopic (exact) mass is 191 g/mol. The molecule has 0 spiro atoms. The van der Waals surface area contributed by atoms with Crippen LogP contribution in [0, 0.1) is 0 Å². The van der Waals surface area contributed by atoms with E-state index in [9.17, 15) is 4.79 Å². The first kappa shape index (κ1) is 11.8. The van der Waals surface area contributed by atoms with Crippen LogP contribution in [0.2, 0.25) is 0 Å². The highest BCUT2D eigenvalue weighted by atomic mass is 32.2. The van der Waals surface area contributed by atoms with Gasteiger partial charge in [-0.05, 0) is 18.6 Å². The molecule has 0 aromatic rings. The molecular weight excluding hydrogens is 174 g/mol. The molecule has 1 unspecified atom stereocenters. The summed E-state index contributed by atoms with van der Waals surface area (Å²) >= 11 is 1.66. The molecule has 0 bridgehead atoms. The Kier molecular flexibility index (Phi) is 7.29. The molecule has 3 nitrogen and oxygen atoms in total. The standard InChI is InChI=1S/C8H17NO2S/c1-2-7(9)3-5-12-6-4-8(10)11/h7H,2-6,9H2,1H3,(H,10,11). The Morgan fingerprint density at radius 3 is 2.75 bits per heavy atom. The van der Waals surface area contributed by atoms with Gasteiger partial charge in [-0.15, -0.1) is 0 Å². The van der Waals surface area contributed by atoms with E-state index in [0.29, 0.717) is 5.75 Å². The minimum Gasteiger partial charge on any atom is -0.481 e. The highest BCUT2D eigenvalue weighted by molar-refractivity contribution is 7.99. The lowest BCUT2D eigenvalue weighted by molar-refractivity contribution is -0.136. The number of thioether (sulfide) groups is 1. The van der Waals surface area contributed by atoms with E-state index >= 15 is 0 Å². The maximum atomic E-state index is 10.1. The van der Waals surface area contributed by atoms with E-state index in [1.807, 2.05) is 0 Å². The molecule has 0 heterocycles. The number of rotatable bonds is 7. The Bertz CT molecular complexity index is 130. The largest absolute Gasteiger partial charge is 0.481 e. The van der Waals surface area contributed by atoms with E-state index in [1.54, 1.807) is 11.8 Å². The molecule has 72 valence electrons. The molecule has 0 rings (SSSR count). The van der Waals surface area contributed by atoms with Gasteiger partial charge < -0.3 is 10.8 Å². The fourth-order valence-electron chi connectivity index (χ4n) is 0.700. The van der Waals surface area contributed by atoms with Crippen molar-refractivity contribution in [1.82, 2.24) is 0 Å². The van der Waals surface area contributed by atoms with Gasteiger partial charge >= 0.3 is 5.97 Å². The SMILES string of the molecule is CCC(N)CCSCCC(=O)O. The van der Waals surface area contributed by atoms with Crippen molar-refractivity contribution in [2.24, 2.45) is 5.73 Å². The summed E-state index contributed by atoms with van der Waals surface area (Å²) in [5.74, 6) is 0.955. The predicted octanol–water partition coefficient (Wildman–Crippen LogP) is 1.32. The van der Waals surface area contributed by atoms with E-state index in [4.69, 9.17) is 10.8 Å². The number of nitrogens with two attached hydrogens (primary N) is 1. The highest BCUT2D eigenvalue weighted by Crippen LogP contribution is 2.06. The van der Waals surface area contributed by atoms with Gasteiger partial charge in [0.25, 0.3) is 0 Å². The van der Waals surface area contributed by atoms with Crippen molar-refractivity contribution in [3.05, 3.63) is 0 Å². The van der Waals surface area contributed by atoms with Gasteiger partial charge in [0.15, 0.2) is 0 Å². The van der Waals surface area contributed by atoms with Crippen LogP contribution in [0.4, 0.5) is 0 Å². The quantitative estimate of drug-likeness (QED) is 0.596. The van der Waals surface area contributed by atoms with Crippen molar-refractivity contribution in [3.63, 3.8) is 0 Å². The summed E-state index contributed by atoms with van der Waals surface area (Å²) in [6.45, 7) is 2.06. The van der Waals surface area contributed by atoms with Gasteiger partial charge in [0.05, 0.1) is 6.42 Å². The minimum absolute atomic E-state index is 0.256. The Hall–Kier alpha value is -0.220. The molecule has 12 heavy (non-hydrogen) atoms. The van der Waals surface area contributed by atoms with Crippen molar-refractivity contribution >= 4 is 17.7 Å². The molecule has 0 aliphatic heterocycles. The lowest BCUT2D eigenvalue weighted by Crippen LogP contribution is -2.19. The second-order valence-corrected chi connectivity index (χ2v) is 3.94. The number of aliphatic carboxylic acids is 1. The molecule has 1 atom stereocenters. The molecule has 0 fully saturated rings. The Balaban J connectivity index is 3.05. The van der Waals surface area contributed by atoms with Crippen molar-refractivity contribution in [2.45, 2.75) is 32.2 Å². The summed E-state index contributed by atoms with van der Waals surface area (Å²) in [6, 6.07) is 0.280. The first-order valence-corrected chi connectivity index (χ1v) is 5.37. The maximum absolute atomic E-state index is 10.1. The molecule has 4 heteroatoms. The minimum atomic E-state index is -0.720. The van der Waals surface area contributed by atoms with Crippen LogP contribution in [0.5, 0.6) is 0 Å². The van der Waals surface area contributed by atoms with Gasteiger partial charge in [0.1, 0.15) is 0 Å². The molecule has 0 aliphatic rings. The Morgan fingerprint density at radius 2 is 2.25 bits per heavy atom. The normalized spacial score (nSPS) is 12.8. The van der Waals surface area contributed by atoms with Crippen LogP contribution in [-0.4, -0.2) is 28.6 Å². The van der Waals surface area contributed by atoms with E-state index < -0.39 is 5.97 Å². The van der Waals surface area contributed by atoms with Gasteiger partial charge in [-0.25, -0.2) is 0 Å². The first-order chi connectivity index (χ1) is 5.66. The third kappa shape index (κ3) is 7.88. The average molecular weight is 191 g/mol. The van der Waals surface area contributed by atoms with E-state index in [0.717, 1.165) is 18.6 Å². The van der Waals surface area contributed by atoms with Crippen LogP contribution < -0.4 is 5.73 Å². The molecule has 0 saturated heterocycles. The average Bonchev–Trinajstić information content (AvgIpc) is 2.03. The summed E-state index contributed by atoms with van der Waals surface area (Å²) < 4.78 is 0. The van der Waals surface area contributed by atoms with Crippen LogP contribution in [0.1, 0.15) is 26.2 Å². The number of carboxylic acids is 1. The molecule has 0 aromatic carbocycles. The second kappa shape index (κ2) is 7.43. The van der Waals surface area contributed by atoms with Crippen molar-refractivity contribution in [3.8, 4) is 0 Å². The topological polar surface area (TPSA) is 63.3 Å². The molecule has 0 aromatic heterocycles. The fourth-order valence-corrected chi connectivity index (χ4v) is 1.69. The van der Waals surface area contributed by atoms with E-state index in [2.05, 4.69) is 6.92 Å². The van der Waals surface area contributed by atoms with Gasteiger partial charge in [0, 0.05) is 11.8 Å². The van der Waals surface area contributed by atoms with Crippen LogP contribution in [0.3, 0.4) is 0 Å². The van der Waals surface area contributed by atoms with Crippen LogP contribution in [-0.2, 0) is 4.79 Å². The molecular formula is C8H17NO2S. The molecule has 0 aliphatic carbocycles. The lowest BCUT2D eigenvalue weighted by atomic mass is 10.2. The number of hydrogen-bond acceptors (Lipinski definition) is 3. The maximum Gasteiger partial charge on any atom is 0.304 e. The summed E-state index contributed by atoms with van der Waals surface area (Å²) in [5, 5.41) is 8.33. The summed E-state index contributed by atoms with van der Waals surface area (Å²) in [6.07, 6.45) is 2.24. The molecule has 0 amide bonds. The van der Waals surface area contributed by atoms with Crippen molar-refractivity contribution < 1.29 is 9.90 Å². The van der Waals surface area contributed by atoms with Gasteiger partial charge in [-0.3, -0.25) is 4.79 Å². The molecule has 0 saturated carbocycles. The Morgan fingerprint density at radius 1 is 1.58 bits per heavy atom.